The van der Waals surface area contributed by atoms with E-state index in [9.17, 15) is 4.79 Å². The van der Waals surface area contributed by atoms with Crippen LogP contribution in [-0.2, 0) is 6.42 Å². The zero-order valence-electron chi connectivity index (χ0n) is 16.7. The summed E-state index contributed by atoms with van der Waals surface area (Å²) in [5.74, 6) is 0.420. The molecular weight excluding hydrogens is 388 g/mol. The highest BCUT2D eigenvalue weighted by molar-refractivity contribution is 5.99. The summed E-state index contributed by atoms with van der Waals surface area (Å²) < 4.78 is 3.83. The highest BCUT2D eigenvalue weighted by atomic mass is 16.1. The number of aromatic nitrogens is 5. The van der Waals surface area contributed by atoms with E-state index in [4.69, 9.17) is 0 Å². The fourth-order valence-corrected chi connectivity index (χ4v) is 3.52. The first kappa shape index (κ1) is 18.7. The Labute approximate surface area is 179 Å². The molecule has 31 heavy (non-hydrogen) atoms. The van der Waals surface area contributed by atoms with Crippen LogP contribution in [0.4, 0.5) is 0 Å². The lowest BCUT2D eigenvalue weighted by Gasteiger charge is -2.03. The minimum absolute atomic E-state index is 0.207. The van der Waals surface area contributed by atoms with Crippen LogP contribution >= 0.6 is 0 Å². The monoisotopic (exact) mass is 408 g/mol. The van der Waals surface area contributed by atoms with E-state index in [1.54, 1.807) is 18.7 Å². The molecule has 0 unspecified atom stereocenters. The molecule has 0 radical (unpaired) electrons. The molecule has 7 heteroatoms. The minimum atomic E-state index is -0.207. The average Bonchev–Trinajstić information content (AvgIpc) is 3.46. The summed E-state index contributed by atoms with van der Waals surface area (Å²) in [6, 6.07) is 19.5. The van der Waals surface area contributed by atoms with Gasteiger partial charge >= 0.3 is 0 Å². The maximum Gasteiger partial charge on any atom is 0.272 e. The van der Waals surface area contributed by atoms with Gasteiger partial charge in [0.2, 0.25) is 0 Å². The van der Waals surface area contributed by atoms with Gasteiger partial charge in [0.15, 0.2) is 11.5 Å². The third kappa shape index (κ3) is 3.81. The van der Waals surface area contributed by atoms with E-state index in [0.29, 0.717) is 30.2 Å². The number of fused-ring (bicyclic) bond motifs is 1. The molecule has 0 aliphatic rings. The van der Waals surface area contributed by atoms with Crippen molar-refractivity contribution in [3.05, 3.63) is 103 Å². The predicted molar refractivity (Wildman–Crippen MR) is 118 cm³/mol. The number of amides is 1. The average molecular weight is 408 g/mol. The second-order valence-corrected chi connectivity index (χ2v) is 7.11. The molecule has 0 aliphatic heterocycles. The number of hydrogen-bond acceptors (Lipinski definition) is 4. The zero-order chi connectivity index (χ0) is 21.0. The molecule has 0 saturated carbocycles. The van der Waals surface area contributed by atoms with Crippen molar-refractivity contribution in [2.24, 2.45) is 0 Å². The van der Waals surface area contributed by atoms with Crippen LogP contribution in [0.3, 0.4) is 0 Å². The Bertz CT molecular complexity index is 1320. The van der Waals surface area contributed by atoms with Crippen LogP contribution in [0.15, 0.2) is 91.8 Å². The Morgan fingerprint density at radius 3 is 2.71 bits per heavy atom. The fourth-order valence-electron chi connectivity index (χ4n) is 3.52. The topological polar surface area (TPSA) is 77.1 Å². The third-order valence-corrected chi connectivity index (χ3v) is 5.05. The van der Waals surface area contributed by atoms with E-state index in [-0.39, 0.29) is 5.91 Å². The van der Waals surface area contributed by atoms with Crippen molar-refractivity contribution in [1.29, 1.82) is 0 Å². The minimum Gasteiger partial charge on any atom is -0.350 e. The zero-order valence-corrected chi connectivity index (χ0v) is 16.7. The fraction of sp³-hybridized carbons (Fsp3) is 0.0833. The molecule has 0 spiro atoms. The molecule has 1 aromatic carbocycles. The number of imidazole rings is 2. The van der Waals surface area contributed by atoms with Crippen LogP contribution in [0.5, 0.6) is 0 Å². The summed E-state index contributed by atoms with van der Waals surface area (Å²) in [5.41, 5.74) is 3.90. The molecule has 0 aliphatic carbocycles. The summed E-state index contributed by atoms with van der Waals surface area (Å²) in [5, 5.41) is 2.97. The lowest BCUT2D eigenvalue weighted by Crippen LogP contribution is -2.26. The predicted octanol–water partition coefficient (Wildman–Crippen LogP) is 3.55. The van der Waals surface area contributed by atoms with Gasteiger partial charge < -0.3 is 9.88 Å². The van der Waals surface area contributed by atoms with Crippen LogP contribution in [-0.4, -0.2) is 36.4 Å². The standard InChI is InChI=1S/C24H20N6O/c31-24(26-13-11-18-7-6-12-25-15-18)22-21-10-4-5-14-30(21)23(28-22)20-16-29(17-27-20)19-8-2-1-3-9-19/h1-10,12,14-17H,11,13H2,(H,26,31). The van der Waals surface area contributed by atoms with E-state index in [0.717, 1.165) is 16.8 Å². The van der Waals surface area contributed by atoms with E-state index in [1.165, 1.54) is 0 Å². The van der Waals surface area contributed by atoms with Gasteiger partial charge in [0, 0.05) is 37.0 Å². The number of carbonyl (C=O) groups excluding carboxylic acids is 1. The molecule has 1 amide bonds. The van der Waals surface area contributed by atoms with E-state index < -0.39 is 0 Å². The number of pyridine rings is 2. The molecule has 0 fully saturated rings. The molecule has 0 bridgehead atoms. The summed E-state index contributed by atoms with van der Waals surface area (Å²) >= 11 is 0. The lowest BCUT2D eigenvalue weighted by molar-refractivity contribution is 0.0951. The summed E-state index contributed by atoms with van der Waals surface area (Å²) in [6.07, 6.45) is 9.81. The van der Waals surface area contributed by atoms with Gasteiger partial charge in [0.25, 0.3) is 5.91 Å². The summed E-state index contributed by atoms with van der Waals surface area (Å²) in [6.45, 7) is 0.508. The second-order valence-electron chi connectivity index (χ2n) is 7.11. The third-order valence-electron chi connectivity index (χ3n) is 5.05. The Morgan fingerprint density at radius 2 is 1.87 bits per heavy atom. The normalized spacial score (nSPS) is 11.0. The number of carbonyl (C=O) groups is 1. The van der Waals surface area contributed by atoms with Crippen LogP contribution < -0.4 is 5.32 Å². The van der Waals surface area contributed by atoms with Crippen LogP contribution in [0, 0.1) is 0 Å². The van der Waals surface area contributed by atoms with E-state index >= 15 is 0 Å². The number of nitrogens with zero attached hydrogens (tertiary/aromatic N) is 5. The van der Waals surface area contributed by atoms with Crippen molar-refractivity contribution in [1.82, 2.24) is 29.2 Å². The highest BCUT2D eigenvalue weighted by Crippen LogP contribution is 2.22. The molecule has 1 N–H and O–H groups in total. The van der Waals surface area contributed by atoms with Crippen molar-refractivity contribution < 1.29 is 4.79 Å². The van der Waals surface area contributed by atoms with Crippen molar-refractivity contribution in [3.8, 4) is 17.2 Å². The first-order valence-corrected chi connectivity index (χ1v) is 10.0. The highest BCUT2D eigenvalue weighted by Gasteiger charge is 2.19. The van der Waals surface area contributed by atoms with Gasteiger partial charge in [0.1, 0.15) is 12.0 Å². The number of nitrogens with one attached hydrogen (secondary N) is 1. The van der Waals surface area contributed by atoms with Gasteiger partial charge in [-0.15, -0.1) is 0 Å². The Morgan fingerprint density at radius 1 is 1.00 bits per heavy atom. The van der Waals surface area contributed by atoms with Gasteiger partial charge in [-0.3, -0.25) is 14.2 Å². The van der Waals surface area contributed by atoms with E-state index in [2.05, 4.69) is 20.3 Å². The largest absolute Gasteiger partial charge is 0.350 e. The summed E-state index contributed by atoms with van der Waals surface area (Å²) in [7, 11) is 0. The van der Waals surface area contributed by atoms with Gasteiger partial charge in [0.05, 0.1) is 5.52 Å². The maximum absolute atomic E-state index is 12.9. The Kier molecular flexibility index (Phi) is 4.98. The molecule has 0 atom stereocenters. The number of benzene rings is 1. The van der Waals surface area contributed by atoms with Crippen LogP contribution in [0.25, 0.3) is 22.7 Å². The molecule has 152 valence electrons. The van der Waals surface area contributed by atoms with Gasteiger partial charge in [-0.05, 0) is 42.3 Å². The first-order chi connectivity index (χ1) is 15.3. The quantitative estimate of drug-likeness (QED) is 0.466. The number of rotatable bonds is 6. The summed E-state index contributed by atoms with van der Waals surface area (Å²) in [4.78, 5) is 26.2. The Balaban J connectivity index is 1.42. The maximum atomic E-state index is 12.9. The lowest BCUT2D eigenvalue weighted by atomic mass is 10.2. The first-order valence-electron chi connectivity index (χ1n) is 10.0. The van der Waals surface area contributed by atoms with Crippen LogP contribution in [0.2, 0.25) is 0 Å². The van der Waals surface area contributed by atoms with Crippen molar-refractivity contribution in [2.75, 3.05) is 6.54 Å². The van der Waals surface area contributed by atoms with Gasteiger partial charge in [-0.2, -0.15) is 0 Å². The molecule has 5 aromatic rings. The molecule has 0 saturated heterocycles. The Hall–Kier alpha value is -4.26. The SMILES string of the molecule is O=C(NCCc1cccnc1)c1nc(-c2cn(-c3ccccc3)cn2)n2ccccc12. The molecule has 7 nitrogen and oxygen atoms in total. The van der Waals surface area contributed by atoms with E-state index in [1.807, 2.05) is 82.0 Å². The second kappa shape index (κ2) is 8.23. The number of hydrogen-bond donors (Lipinski definition) is 1. The molecular formula is C24H20N6O. The van der Waals surface area contributed by atoms with Crippen molar-refractivity contribution >= 4 is 11.4 Å². The van der Waals surface area contributed by atoms with Gasteiger partial charge in [-0.25, -0.2) is 9.97 Å². The molecule has 4 aromatic heterocycles. The van der Waals surface area contributed by atoms with Gasteiger partial charge in [-0.1, -0.05) is 30.3 Å². The van der Waals surface area contributed by atoms with Crippen LogP contribution in [0.1, 0.15) is 16.1 Å². The smallest absolute Gasteiger partial charge is 0.272 e. The number of para-hydroxylation sites is 1. The van der Waals surface area contributed by atoms with Crippen molar-refractivity contribution in [2.45, 2.75) is 6.42 Å². The molecule has 4 heterocycles. The molecule has 5 rings (SSSR count). The van der Waals surface area contributed by atoms with Crippen molar-refractivity contribution in [3.63, 3.8) is 0 Å².